The lowest BCUT2D eigenvalue weighted by molar-refractivity contribution is -0.153. The van der Waals surface area contributed by atoms with Gasteiger partial charge in [0.25, 0.3) is 0 Å². The van der Waals surface area contributed by atoms with Crippen LogP contribution < -0.4 is 0 Å². The molecule has 3 fully saturated rings. The van der Waals surface area contributed by atoms with E-state index in [2.05, 4.69) is 4.90 Å². The molecule has 3 rings (SSSR count). The second kappa shape index (κ2) is 10.9. The van der Waals surface area contributed by atoms with E-state index in [1.807, 2.05) is 6.92 Å². The van der Waals surface area contributed by atoms with Gasteiger partial charge in [-0.15, -0.1) is 11.6 Å². The number of likely N-dealkylation sites (tertiary alicyclic amines) is 2. The Balaban J connectivity index is 1.64. The first-order valence-corrected chi connectivity index (χ1v) is 11.9. The summed E-state index contributed by atoms with van der Waals surface area (Å²) in [7, 11) is 1.34. The van der Waals surface area contributed by atoms with Gasteiger partial charge in [0.2, 0.25) is 0 Å². The van der Waals surface area contributed by atoms with Gasteiger partial charge in [0.15, 0.2) is 0 Å². The zero-order valence-electron chi connectivity index (χ0n) is 18.8. The van der Waals surface area contributed by atoms with Gasteiger partial charge < -0.3 is 14.2 Å². The fourth-order valence-electron chi connectivity index (χ4n) is 5.56. The summed E-state index contributed by atoms with van der Waals surface area (Å²) in [6.45, 7) is 6.25. The zero-order valence-corrected chi connectivity index (χ0v) is 19.5. The molecule has 9 heteroatoms. The Morgan fingerprint density at radius 2 is 1.58 bits per heavy atom. The molecule has 0 radical (unpaired) electrons. The lowest BCUT2D eigenvalue weighted by Crippen LogP contribution is -2.55. The van der Waals surface area contributed by atoms with Crippen LogP contribution in [0.2, 0.25) is 0 Å². The molecule has 176 valence electrons. The number of methoxy groups -OCH3 is 1. The monoisotopic (exact) mass is 458 g/mol. The van der Waals surface area contributed by atoms with Crippen LogP contribution in [0.4, 0.5) is 4.79 Å². The number of nitrogens with zero attached hydrogens (tertiary/aromatic N) is 2. The first kappa shape index (κ1) is 24.1. The van der Waals surface area contributed by atoms with Crippen molar-refractivity contribution in [2.75, 3.05) is 40.0 Å². The highest BCUT2D eigenvalue weighted by molar-refractivity contribution is 6.21. The third-order valence-electron chi connectivity index (χ3n) is 6.95. The molecule has 0 bridgehead atoms. The van der Waals surface area contributed by atoms with Crippen LogP contribution >= 0.6 is 11.6 Å². The van der Waals surface area contributed by atoms with Crippen LogP contribution in [0.3, 0.4) is 0 Å². The highest BCUT2D eigenvalue weighted by Gasteiger charge is 2.46. The average Bonchev–Trinajstić information content (AvgIpc) is 3.12. The minimum absolute atomic E-state index is 0.0396. The lowest BCUT2D eigenvalue weighted by atomic mass is 9.69. The van der Waals surface area contributed by atoms with E-state index in [-0.39, 0.29) is 30.0 Å². The molecule has 0 aromatic heterocycles. The van der Waals surface area contributed by atoms with Crippen molar-refractivity contribution in [3.63, 3.8) is 0 Å². The number of carbonyl (C=O) groups is 3. The Hall–Kier alpha value is -1.54. The molecule has 1 amide bonds. The van der Waals surface area contributed by atoms with Crippen LogP contribution in [-0.4, -0.2) is 85.3 Å². The van der Waals surface area contributed by atoms with E-state index in [0.29, 0.717) is 50.3 Å². The maximum absolute atomic E-state index is 12.5. The second-order valence-corrected chi connectivity index (χ2v) is 9.50. The van der Waals surface area contributed by atoms with Gasteiger partial charge in [-0.1, -0.05) is 0 Å². The number of alkyl halides is 1. The van der Waals surface area contributed by atoms with E-state index < -0.39 is 12.1 Å². The Labute approximate surface area is 189 Å². The van der Waals surface area contributed by atoms with Crippen molar-refractivity contribution in [1.29, 1.82) is 0 Å². The molecular formula is C22H35ClN2O6. The van der Waals surface area contributed by atoms with Crippen molar-refractivity contribution in [1.82, 2.24) is 9.80 Å². The molecule has 6 atom stereocenters. The van der Waals surface area contributed by atoms with E-state index >= 15 is 0 Å². The van der Waals surface area contributed by atoms with Gasteiger partial charge in [-0.05, 0) is 63.7 Å². The predicted octanol–water partition coefficient (Wildman–Crippen LogP) is 2.67. The zero-order chi connectivity index (χ0) is 22.5. The Morgan fingerprint density at radius 3 is 2.23 bits per heavy atom. The van der Waals surface area contributed by atoms with Crippen molar-refractivity contribution < 1.29 is 28.6 Å². The lowest BCUT2D eigenvalue weighted by Gasteiger charge is -2.46. The fraction of sp³-hybridized carbons (Fsp3) is 0.864. The van der Waals surface area contributed by atoms with Crippen LogP contribution in [0.15, 0.2) is 0 Å². The third-order valence-corrected chi connectivity index (χ3v) is 7.27. The molecule has 3 aliphatic rings. The van der Waals surface area contributed by atoms with Gasteiger partial charge in [0.05, 0.1) is 20.3 Å². The molecule has 4 unspecified atom stereocenters. The number of amides is 1. The van der Waals surface area contributed by atoms with Crippen LogP contribution in [0.1, 0.15) is 46.0 Å². The summed E-state index contributed by atoms with van der Waals surface area (Å²) >= 11 is 6.37. The molecule has 0 spiro atoms. The van der Waals surface area contributed by atoms with E-state index in [4.69, 9.17) is 25.8 Å². The van der Waals surface area contributed by atoms with Gasteiger partial charge in [-0.2, -0.15) is 0 Å². The molecule has 2 saturated heterocycles. The molecule has 8 nitrogen and oxygen atoms in total. The molecule has 0 aromatic rings. The fourth-order valence-corrected chi connectivity index (χ4v) is 5.90. The molecule has 1 aliphatic carbocycles. The number of piperidine rings is 1. The normalized spacial score (nSPS) is 33.5. The molecule has 1 saturated carbocycles. The Bertz CT molecular complexity index is 662. The summed E-state index contributed by atoms with van der Waals surface area (Å²) in [6, 6.07) is -0.868. The van der Waals surface area contributed by atoms with Crippen molar-refractivity contribution in [3.05, 3.63) is 0 Å². The highest BCUT2D eigenvalue weighted by atomic mass is 35.5. The first-order valence-electron chi connectivity index (χ1n) is 11.4. The summed E-state index contributed by atoms with van der Waals surface area (Å²) < 4.78 is 15.4. The molecule has 0 N–H and O–H groups in total. The van der Waals surface area contributed by atoms with Crippen molar-refractivity contribution >= 4 is 29.6 Å². The van der Waals surface area contributed by atoms with Crippen molar-refractivity contribution in [2.24, 2.45) is 17.8 Å². The van der Waals surface area contributed by atoms with Crippen LogP contribution in [-0.2, 0) is 23.8 Å². The molecule has 2 aliphatic heterocycles. The summed E-state index contributed by atoms with van der Waals surface area (Å²) in [6.07, 6.45) is 3.72. The summed E-state index contributed by atoms with van der Waals surface area (Å²) in [4.78, 5) is 40.9. The Kier molecular flexibility index (Phi) is 8.44. The maximum Gasteiger partial charge on any atom is 0.410 e. The standard InChI is InChI=1S/C22H35ClN2O6/c1-4-30-20(26)18-10-17(23)13-24(18)11-14-6-7-15-12-25(22(28)29-3)19(9-16(15)8-14)21(27)31-5-2/h14-19H,4-13H2,1-3H3/t14?,15?,16?,17-,18+,19?/m1/s1. The van der Waals surface area contributed by atoms with Gasteiger partial charge in [-0.3, -0.25) is 14.6 Å². The number of carbonyl (C=O) groups excluding carboxylic acids is 3. The first-order chi connectivity index (χ1) is 14.9. The van der Waals surface area contributed by atoms with Crippen molar-refractivity contribution in [3.8, 4) is 0 Å². The van der Waals surface area contributed by atoms with E-state index in [1.54, 1.807) is 6.92 Å². The molecule has 31 heavy (non-hydrogen) atoms. The topological polar surface area (TPSA) is 85.4 Å². The quantitative estimate of drug-likeness (QED) is 0.343. The van der Waals surface area contributed by atoms with Gasteiger partial charge in [0, 0.05) is 25.0 Å². The molecule has 0 aromatic carbocycles. The summed E-state index contributed by atoms with van der Waals surface area (Å²) in [5, 5.41) is -0.0396. The van der Waals surface area contributed by atoms with Crippen LogP contribution in [0, 0.1) is 17.8 Å². The number of ether oxygens (including phenoxy) is 3. The second-order valence-electron chi connectivity index (χ2n) is 8.88. The SMILES string of the molecule is CCOC(=O)C1CC2CC(CN3C[C@H](Cl)C[C@H]3C(=O)OCC)CCC2CN1C(=O)OC. The maximum atomic E-state index is 12.5. The molecule has 2 heterocycles. The minimum Gasteiger partial charge on any atom is -0.465 e. The van der Waals surface area contributed by atoms with Gasteiger partial charge in [-0.25, -0.2) is 9.59 Å². The number of esters is 2. The summed E-state index contributed by atoms with van der Waals surface area (Å²) in [5.41, 5.74) is 0. The molecular weight excluding hydrogens is 424 g/mol. The third kappa shape index (κ3) is 5.64. The largest absolute Gasteiger partial charge is 0.465 e. The summed E-state index contributed by atoms with van der Waals surface area (Å²) in [5.74, 6) is 0.562. The number of fused-ring (bicyclic) bond motifs is 1. The predicted molar refractivity (Wildman–Crippen MR) is 115 cm³/mol. The highest BCUT2D eigenvalue weighted by Crippen LogP contribution is 2.42. The van der Waals surface area contributed by atoms with Crippen LogP contribution in [0.5, 0.6) is 0 Å². The van der Waals surface area contributed by atoms with Gasteiger partial charge in [0.1, 0.15) is 12.1 Å². The minimum atomic E-state index is -0.598. The van der Waals surface area contributed by atoms with E-state index in [0.717, 1.165) is 25.8 Å². The average molecular weight is 459 g/mol. The Morgan fingerprint density at radius 1 is 0.903 bits per heavy atom. The van der Waals surface area contributed by atoms with Gasteiger partial charge >= 0.3 is 18.0 Å². The number of hydrogen-bond donors (Lipinski definition) is 0. The van der Waals surface area contributed by atoms with E-state index in [1.165, 1.54) is 12.0 Å². The van der Waals surface area contributed by atoms with E-state index in [9.17, 15) is 14.4 Å². The smallest absolute Gasteiger partial charge is 0.410 e. The number of halogens is 1. The number of rotatable bonds is 6. The number of hydrogen-bond acceptors (Lipinski definition) is 7. The van der Waals surface area contributed by atoms with Crippen molar-refractivity contribution in [2.45, 2.75) is 63.4 Å². The van der Waals surface area contributed by atoms with Crippen LogP contribution in [0.25, 0.3) is 0 Å².